The van der Waals surface area contributed by atoms with Crippen LogP contribution in [0.15, 0.2) is 70.1 Å². The van der Waals surface area contributed by atoms with Gasteiger partial charge in [0.15, 0.2) is 0 Å². The lowest BCUT2D eigenvalue weighted by molar-refractivity contribution is -0.123. The van der Waals surface area contributed by atoms with Crippen molar-refractivity contribution >= 4 is 44.9 Å². The number of hydrogen-bond donors (Lipinski definition) is 0. The van der Waals surface area contributed by atoms with Gasteiger partial charge in [-0.3, -0.25) is 14.5 Å². The van der Waals surface area contributed by atoms with Gasteiger partial charge in [-0.15, -0.1) is 0 Å². The molecule has 2 aromatic carbocycles. The van der Waals surface area contributed by atoms with E-state index in [4.69, 9.17) is 0 Å². The molecule has 3 nitrogen and oxygen atoms in total. The summed E-state index contributed by atoms with van der Waals surface area (Å²) >= 11 is 4.43. The standard InChI is InChI=1S/C20H16BrNO2S/c1-14-7-5-6-10-16(14)13-22-19(23)18(25-20(22)24)12-17(21)11-15-8-3-2-4-9-15/h2-12H,13H2,1H3/b17-11-,18-12-. The van der Waals surface area contributed by atoms with Crippen LogP contribution in [0, 0.1) is 6.92 Å². The molecule has 5 heteroatoms. The third-order valence-electron chi connectivity index (χ3n) is 3.84. The summed E-state index contributed by atoms with van der Waals surface area (Å²) in [6, 6.07) is 17.6. The summed E-state index contributed by atoms with van der Waals surface area (Å²) in [5, 5.41) is -0.237. The van der Waals surface area contributed by atoms with Gasteiger partial charge in [0.25, 0.3) is 11.1 Å². The van der Waals surface area contributed by atoms with Gasteiger partial charge in [-0.2, -0.15) is 0 Å². The van der Waals surface area contributed by atoms with Crippen LogP contribution < -0.4 is 0 Å². The molecule has 1 heterocycles. The monoisotopic (exact) mass is 413 g/mol. The second-order valence-corrected chi connectivity index (χ2v) is 7.54. The molecule has 2 amide bonds. The minimum Gasteiger partial charge on any atom is -0.268 e. The first-order valence-electron chi connectivity index (χ1n) is 7.77. The Morgan fingerprint density at radius 2 is 1.76 bits per heavy atom. The summed E-state index contributed by atoms with van der Waals surface area (Å²) in [7, 11) is 0. The van der Waals surface area contributed by atoms with Crippen molar-refractivity contribution in [1.29, 1.82) is 0 Å². The van der Waals surface area contributed by atoms with Gasteiger partial charge >= 0.3 is 0 Å². The van der Waals surface area contributed by atoms with Crippen LogP contribution in [-0.4, -0.2) is 16.0 Å². The molecule has 0 atom stereocenters. The van der Waals surface area contributed by atoms with Crippen LogP contribution in [0.5, 0.6) is 0 Å². The maximum absolute atomic E-state index is 12.6. The number of hydrogen-bond acceptors (Lipinski definition) is 3. The van der Waals surface area contributed by atoms with Crippen LogP contribution in [0.3, 0.4) is 0 Å². The Bertz CT molecular complexity index is 874. The number of nitrogens with zero attached hydrogens (tertiary/aromatic N) is 1. The average Bonchev–Trinajstić information content (AvgIpc) is 2.85. The van der Waals surface area contributed by atoms with Crippen LogP contribution in [0.25, 0.3) is 6.08 Å². The summed E-state index contributed by atoms with van der Waals surface area (Å²) in [5.74, 6) is -0.253. The number of carbonyl (C=O) groups is 2. The van der Waals surface area contributed by atoms with Crippen molar-refractivity contribution < 1.29 is 9.59 Å². The van der Waals surface area contributed by atoms with Gasteiger partial charge in [0.2, 0.25) is 0 Å². The number of rotatable bonds is 4. The van der Waals surface area contributed by atoms with E-state index >= 15 is 0 Å². The molecule has 0 saturated carbocycles. The molecule has 25 heavy (non-hydrogen) atoms. The first-order valence-corrected chi connectivity index (χ1v) is 9.37. The molecule has 1 aliphatic rings. The molecule has 0 aliphatic carbocycles. The third kappa shape index (κ3) is 4.30. The summed E-state index contributed by atoms with van der Waals surface area (Å²) < 4.78 is 0.750. The van der Waals surface area contributed by atoms with E-state index in [2.05, 4.69) is 15.9 Å². The zero-order valence-electron chi connectivity index (χ0n) is 13.6. The van der Waals surface area contributed by atoms with Crippen molar-refractivity contribution in [3.63, 3.8) is 0 Å². The predicted molar refractivity (Wildman–Crippen MR) is 106 cm³/mol. The molecule has 2 aromatic rings. The number of halogens is 1. The van der Waals surface area contributed by atoms with E-state index in [0.717, 1.165) is 32.9 Å². The predicted octanol–water partition coefficient (Wildman–Crippen LogP) is 5.51. The molecule has 0 radical (unpaired) electrons. The molecule has 0 aromatic heterocycles. The minimum atomic E-state index is -0.253. The van der Waals surface area contributed by atoms with Gasteiger partial charge in [0, 0.05) is 4.48 Å². The van der Waals surface area contributed by atoms with E-state index in [1.165, 1.54) is 4.90 Å². The molecule has 0 unspecified atom stereocenters. The Hall–Kier alpha value is -2.11. The fraction of sp³-hybridized carbons (Fsp3) is 0.100. The maximum atomic E-state index is 12.6. The van der Waals surface area contributed by atoms with Crippen LogP contribution >= 0.6 is 27.7 Å². The maximum Gasteiger partial charge on any atom is 0.293 e. The van der Waals surface area contributed by atoms with Crippen molar-refractivity contribution in [3.05, 3.63) is 86.8 Å². The number of carbonyl (C=O) groups excluding carboxylic acids is 2. The van der Waals surface area contributed by atoms with Gasteiger partial charge in [0.1, 0.15) is 0 Å². The fourth-order valence-electron chi connectivity index (χ4n) is 2.47. The Labute approximate surface area is 159 Å². The minimum absolute atomic E-state index is 0.237. The first kappa shape index (κ1) is 17.7. The summed E-state index contributed by atoms with van der Waals surface area (Å²) in [6.45, 7) is 2.28. The smallest absolute Gasteiger partial charge is 0.268 e. The largest absolute Gasteiger partial charge is 0.293 e. The third-order valence-corrected chi connectivity index (χ3v) is 5.20. The lowest BCUT2D eigenvalue weighted by atomic mass is 10.1. The van der Waals surface area contributed by atoms with Gasteiger partial charge < -0.3 is 0 Å². The normalized spacial score (nSPS) is 16.8. The molecule has 1 saturated heterocycles. The molecule has 1 aliphatic heterocycles. The second-order valence-electron chi connectivity index (χ2n) is 5.63. The van der Waals surface area contributed by atoms with Gasteiger partial charge in [-0.1, -0.05) is 70.5 Å². The van der Waals surface area contributed by atoms with Gasteiger partial charge in [-0.25, -0.2) is 0 Å². The van der Waals surface area contributed by atoms with E-state index in [1.807, 2.05) is 67.6 Å². The van der Waals surface area contributed by atoms with Crippen molar-refractivity contribution in [3.8, 4) is 0 Å². The molecule has 3 rings (SSSR count). The highest BCUT2D eigenvalue weighted by atomic mass is 79.9. The number of benzene rings is 2. The van der Waals surface area contributed by atoms with Crippen molar-refractivity contribution in [1.82, 2.24) is 4.90 Å². The van der Waals surface area contributed by atoms with Crippen LogP contribution in [0.2, 0.25) is 0 Å². The van der Waals surface area contributed by atoms with E-state index in [-0.39, 0.29) is 11.1 Å². The molecule has 0 N–H and O–H groups in total. The van der Waals surface area contributed by atoms with Crippen molar-refractivity contribution in [2.45, 2.75) is 13.5 Å². The SMILES string of the molecule is Cc1ccccc1CN1C(=O)S/C(=C\C(Br)=C\c2ccccc2)C1=O. The van der Waals surface area contributed by atoms with Gasteiger partial charge in [0.05, 0.1) is 11.4 Å². The summed E-state index contributed by atoms with van der Waals surface area (Å²) in [5.41, 5.74) is 3.06. The lowest BCUT2D eigenvalue weighted by Gasteiger charge is -2.14. The van der Waals surface area contributed by atoms with Crippen LogP contribution in [-0.2, 0) is 11.3 Å². The molecule has 1 fully saturated rings. The molecular formula is C20H16BrNO2S. The Balaban J connectivity index is 1.79. The van der Waals surface area contributed by atoms with Crippen LogP contribution in [0.1, 0.15) is 16.7 Å². The fourth-order valence-corrected chi connectivity index (χ4v) is 3.94. The van der Waals surface area contributed by atoms with E-state index in [0.29, 0.717) is 11.4 Å². The number of amides is 2. The Morgan fingerprint density at radius 1 is 1.08 bits per heavy atom. The zero-order chi connectivity index (χ0) is 17.8. The topological polar surface area (TPSA) is 37.4 Å². The number of thioether (sulfide) groups is 1. The van der Waals surface area contributed by atoms with Crippen LogP contribution in [0.4, 0.5) is 4.79 Å². The zero-order valence-corrected chi connectivity index (χ0v) is 16.0. The highest BCUT2D eigenvalue weighted by Gasteiger charge is 2.35. The lowest BCUT2D eigenvalue weighted by Crippen LogP contribution is -2.27. The average molecular weight is 414 g/mol. The number of imide groups is 1. The molecule has 0 spiro atoms. The van der Waals surface area contributed by atoms with Crippen molar-refractivity contribution in [2.75, 3.05) is 0 Å². The number of allylic oxidation sites excluding steroid dienone is 2. The Morgan fingerprint density at radius 3 is 2.48 bits per heavy atom. The quantitative estimate of drug-likeness (QED) is 0.619. The highest BCUT2D eigenvalue weighted by molar-refractivity contribution is 9.12. The van der Waals surface area contributed by atoms with Gasteiger partial charge in [-0.05, 0) is 47.5 Å². The molecule has 126 valence electrons. The summed E-state index contributed by atoms with van der Waals surface area (Å²) in [6.07, 6.45) is 3.62. The first-order chi connectivity index (χ1) is 12.0. The van der Waals surface area contributed by atoms with E-state index in [1.54, 1.807) is 6.08 Å². The second kappa shape index (κ2) is 7.85. The Kier molecular flexibility index (Phi) is 5.56. The molecular weight excluding hydrogens is 398 g/mol. The molecule has 0 bridgehead atoms. The highest BCUT2D eigenvalue weighted by Crippen LogP contribution is 2.34. The van der Waals surface area contributed by atoms with Crippen molar-refractivity contribution in [2.24, 2.45) is 0 Å². The van der Waals surface area contributed by atoms with E-state index < -0.39 is 0 Å². The summed E-state index contributed by atoms with van der Waals surface area (Å²) in [4.78, 5) is 26.6. The number of aryl methyl sites for hydroxylation is 1. The van der Waals surface area contributed by atoms with E-state index in [9.17, 15) is 9.59 Å².